The van der Waals surface area contributed by atoms with E-state index in [4.69, 9.17) is 4.98 Å². The second-order valence-corrected chi connectivity index (χ2v) is 18.2. The van der Waals surface area contributed by atoms with Crippen LogP contribution in [-0.4, -0.2) is 16.8 Å². The fraction of sp³-hybridized carbons (Fsp3) is 0.467. The van der Waals surface area contributed by atoms with Crippen molar-refractivity contribution in [2.45, 2.75) is 125 Å². The first-order valence-corrected chi connectivity index (χ1v) is 18.9. The van der Waals surface area contributed by atoms with Crippen LogP contribution in [0.3, 0.4) is 0 Å². The number of carbonyl (C=O) groups excluding carboxylic acids is 1. The molecule has 5 aromatic rings. The van der Waals surface area contributed by atoms with Gasteiger partial charge in [0.2, 0.25) is 0 Å². The van der Waals surface area contributed by atoms with Gasteiger partial charge >= 0.3 is 0 Å². The van der Waals surface area contributed by atoms with Crippen molar-refractivity contribution in [1.29, 1.82) is 0 Å². The van der Waals surface area contributed by atoms with Crippen molar-refractivity contribution in [2.75, 3.05) is 0 Å². The Kier molecular flexibility index (Phi) is 12.0. The standard InChI is InChI=1S/C33H34NS.C12H23NO.Ir/c1-31(2,3)25-17-21(16-20-10-8-9-11-22(20)25)29-30-23(12-15-34-29)24-18-26-27(19-28(24)35-30)33(6,7)14-13-32(26,4)5;1-8(2)11(13-10(5)6)7-12(14)9(3)4;/h8-12,15,17-19H,13-14H2,1-7H3;7-10H,1-6H3,(H,13,14);/q-1;;/p-1. The van der Waals surface area contributed by atoms with Crippen LogP contribution < -0.4 is 0 Å². The zero-order chi connectivity index (χ0) is 36.1. The third-order valence-electron chi connectivity index (χ3n) is 10.1. The summed E-state index contributed by atoms with van der Waals surface area (Å²) in [6.45, 7) is 28.5. The van der Waals surface area contributed by atoms with Crippen LogP contribution in [0.25, 0.3) is 47.5 Å². The number of pyridine rings is 1. The van der Waals surface area contributed by atoms with Gasteiger partial charge in [0.15, 0.2) is 5.78 Å². The minimum atomic E-state index is 0. The van der Waals surface area contributed by atoms with Crippen LogP contribution in [0.5, 0.6) is 0 Å². The molecule has 0 saturated carbocycles. The minimum Gasteiger partial charge on any atom is -0.685 e. The molecular formula is C45H56IrN2OS-2. The zero-order valence-corrected chi connectivity index (χ0v) is 35.7. The summed E-state index contributed by atoms with van der Waals surface area (Å²) >= 11 is 1.89. The van der Waals surface area contributed by atoms with Crippen LogP contribution in [0.2, 0.25) is 0 Å². The maximum atomic E-state index is 11.5. The Morgan fingerprint density at radius 2 is 1.48 bits per heavy atom. The van der Waals surface area contributed by atoms with E-state index in [-0.39, 0.29) is 54.1 Å². The molecule has 0 aliphatic heterocycles. The first kappa shape index (κ1) is 39.9. The van der Waals surface area contributed by atoms with E-state index in [1.54, 1.807) is 6.08 Å². The monoisotopic (exact) mass is 865 g/mol. The van der Waals surface area contributed by atoms with Gasteiger partial charge in [-0.2, -0.15) is 5.70 Å². The second-order valence-electron chi connectivity index (χ2n) is 17.2. The van der Waals surface area contributed by atoms with Crippen molar-refractivity contribution in [3.05, 3.63) is 94.6 Å². The van der Waals surface area contributed by atoms with Crippen molar-refractivity contribution in [3.63, 3.8) is 0 Å². The molecule has 3 aromatic carbocycles. The molecule has 0 N–H and O–H groups in total. The molecule has 0 unspecified atom stereocenters. The molecule has 6 rings (SSSR count). The molecule has 0 fully saturated rings. The molecule has 1 aliphatic rings. The second kappa shape index (κ2) is 15.0. The van der Waals surface area contributed by atoms with Crippen molar-refractivity contribution in [2.24, 2.45) is 11.8 Å². The number of aromatic nitrogens is 1. The summed E-state index contributed by atoms with van der Waals surface area (Å²) in [7, 11) is 0. The molecule has 269 valence electrons. The molecule has 0 saturated heterocycles. The van der Waals surface area contributed by atoms with E-state index in [1.165, 1.54) is 55.1 Å². The van der Waals surface area contributed by atoms with Crippen LogP contribution in [-0.2, 0) is 41.1 Å². The Labute approximate surface area is 319 Å². The maximum absolute atomic E-state index is 11.5. The quantitative estimate of drug-likeness (QED) is 0.126. The Morgan fingerprint density at radius 3 is 2.06 bits per heavy atom. The van der Waals surface area contributed by atoms with E-state index >= 15 is 0 Å². The van der Waals surface area contributed by atoms with E-state index in [9.17, 15) is 4.79 Å². The Morgan fingerprint density at radius 1 is 0.860 bits per heavy atom. The molecule has 0 amide bonds. The number of ketones is 1. The van der Waals surface area contributed by atoms with Crippen LogP contribution in [0, 0.1) is 17.9 Å². The van der Waals surface area contributed by atoms with Gasteiger partial charge in [-0.1, -0.05) is 119 Å². The molecule has 1 aliphatic carbocycles. The summed E-state index contributed by atoms with van der Waals surface area (Å²) in [5.41, 5.74) is 7.91. The summed E-state index contributed by atoms with van der Waals surface area (Å²) < 4.78 is 2.64. The number of hydrogen-bond donors (Lipinski definition) is 0. The van der Waals surface area contributed by atoms with Gasteiger partial charge in [-0.3, -0.25) is 9.78 Å². The molecule has 5 heteroatoms. The number of carbonyl (C=O) groups is 1. The number of hydrogen-bond acceptors (Lipinski definition) is 3. The van der Waals surface area contributed by atoms with E-state index in [2.05, 4.69) is 122 Å². The summed E-state index contributed by atoms with van der Waals surface area (Å²) in [5.74, 6) is 0.546. The Hall–Kier alpha value is -2.85. The van der Waals surface area contributed by atoms with Gasteiger partial charge in [-0.25, -0.2) is 0 Å². The van der Waals surface area contributed by atoms with Crippen molar-refractivity contribution in [1.82, 2.24) is 4.98 Å². The number of thiophene rings is 1. The summed E-state index contributed by atoms with van der Waals surface area (Å²) in [6.07, 6.45) is 6.14. The summed E-state index contributed by atoms with van der Waals surface area (Å²) in [5, 5.41) is 9.57. The largest absolute Gasteiger partial charge is 0.685 e. The normalized spacial score (nSPS) is 15.6. The number of allylic oxidation sites excluding steroid dienone is 2. The van der Waals surface area contributed by atoms with Crippen molar-refractivity contribution < 1.29 is 24.9 Å². The zero-order valence-electron chi connectivity index (χ0n) is 32.5. The predicted molar refractivity (Wildman–Crippen MR) is 214 cm³/mol. The molecule has 50 heavy (non-hydrogen) atoms. The number of rotatable bonds is 6. The van der Waals surface area contributed by atoms with Crippen molar-refractivity contribution >= 4 is 48.1 Å². The molecule has 0 bridgehead atoms. The van der Waals surface area contributed by atoms with E-state index < -0.39 is 0 Å². The van der Waals surface area contributed by atoms with Gasteiger partial charge in [0, 0.05) is 52.7 Å². The molecule has 2 heterocycles. The van der Waals surface area contributed by atoms with Crippen molar-refractivity contribution in [3.8, 4) is 11.3 Å². The maximum Gasteiger partial charge on any atom is 0.156 e. The molecule has 1 radical (unpaired) electrons. The summed E-state index contributed by atoms with van der Waals surface area (Å²) in [6, 6.07) is 22.1. The fourth-order valence-corrected chi connectivity index (χ4v) is 8.12. The van der Waals surface area contributed by atoms with Crippen LogP contribution >= 0.6 is 11.3 Å². The third-order valence-corrected chi connectivity index (χ3v) is 11.2. The number of nitrogens with zero attached hydrogens (tertiary/aromatic N) is 2. The van der Waals surface area contributed by atoms with E-state index in [0.29, 0.717) is 5.92 Å². The van der Waals surface area contributed by atoms with Gasteiger partial charge in [0.1, 0.15) is 0 Å². The first-order valence-electron chi connectivity index (χ1n) is 18.1. The van der Waals surface area contributed by atoms with Crippen LogP contribution in [0.1, 0.15) is 120 Å². The Bertz CT molecular complexity index is 2040. The molecule has 0 spiro atoms. The topological polar surface area (TPSA) is 44.1 Å². The van der Waals surface area contributed by atoms with Gasteiger partial charge < -0.3 is 5.32 Å². The first-order chi connectivity index (χ1) is 22.8. The van der Waals surface area contributed by atoms with Gasteiger partial charge in [0.25, 0.3) is 0 Å². The summed E-state index contributed by atoms with van der Waals surface area (Å²) in [4.78, 5) is 16.4. The average molecular weight is 865 g/mol. The van der Waals surface area contributed by atoms with Gasteiger partial charge in [0.05, 0.1) is 0 Å². The SMILES string of the molecule is CC(C)(C)c1cc(-c2nccc3c2sc2cc4c(cc23)C(C)(C)CCC4(C)C)[c-]c2ccccc12.CC(C)[N-]/C(=C\C(=O)C(C)C)C(C)C.[Ir]. The number of fused-ring (bicyclic) bond motifs is 5. The van der Waals surface area contributed by atoms with Crippen LogP contribution in [0.4, 0.5) is 0 Å². The van der Waals surface area contributed by atoms with E-state index in [1.807, 2.05) is 45.2 Å². The molecule has 2 aromatic heterocycles. The minimum absolute atomic E-state index is 0. The smallest absolute Gasteiger partial charge is 0.156 e. The van der Waals surface area contributed by atoms with E-state index in [0.717, 1.165) is 22.3 Å². The predicted octanol–water partition coefficient (Wildman–Crippen LogP) is 13.2. The number of benzene rings is 3. The fourth-order valence-electron chi connectivity index (χ4n) is 6.90. The molecular weight excluding hydrogens is 809 g/mol. The Balaban J connectivity index is 0.000000321. The molecule has 3 nitrogen and oxygen atoms in total. The van der Waals surface area contributed by atoms with Gasteiger partial charge in [-0.15, -0.1) is 46.5 Å². The third kappa shape index (κ3) is 8.27. The van der Waals surface area contributed by atoms with Gasteiger partial charge in [-0.05, 0) is 75.8 Å². The average Bonchev–Trinajstić information content (AvgIpc) is 3.39. The van der Waals surface area contributed by atoms with Crippen LogP contribution in [0.15, 0.2) is 66.5 Å². The molecule has 0 atom stereocenters.